The van der Waals surface area contributed by atoms with Gasteiger partial charge in [0.25, 0.3) is 11.8 Å². The summed E-state index contributed by atoms with van der Waals surface area (Å²) in [6.45, 7) is 0. The minimum Gasteiger partial charge on any atom is -0.356 e. The van der Waals surface area contributed by atoms with Crippen LogP contribution in [0.1, 0.15) is 20.8 Å². The second-order valence-electron chi connectivity index (χ2n) is 3.62. The molecule has 2 aromatic rings. The Morgan fingerprint density at radius 1 is 1.05 bits per heavy atom. The van der Waals surface area contributed by atoms with E-state index in [2.05, 4.69) is 47.7 Å². The Bertz CT molecular complexity index is 625. The standard InChI is InChI=1S/C12H9Br2N3O2/c13-7-5-10(15-6-7)12(19)17-16-11(18)8-3-1-2-4-9(8)14/h1-6,15H,(H,16,18)(H,17,19). The van der Waals surface area contributed by atoms with Gasteiger partial charge in [0.2, 0.25) is 0 Å². The number of aromatic nitrogens is 1. The number of aromatic amines is 1. The monoisotopic (exact) mass is 385 g/mol. The molecular formula is C12H9Br2N3O2. The fraction of sp³-hybridized carbons (Fsp3) is 0. The highest BCUT2D eigenvalue weighted by Gasteiger charge is 2.12. The lowest BCUT2D eigenvalue weighted by Gasteiger charge is -2.07. The highest BCUT2D eigenvalue weighted by molar-refractivity contribution is 9.10. The molecule has 2 rings (SSSR count). The Morgan fingerprint density at radius 2 is 1.74 bits per heavy atom. The number of H-pyrrole nitrogens is 1. The molecule has 0 unspecified atom stereocenters. The maximum atomic E-state index is 11.8. The Morgan fingerprint density at radius 3 is 2.37 bits per heavy atom. The lowest BCUT2D eigenvalue weighted by molar-refractivity contribution is 0.0844. The van der Waals surface area contributed by atoms with Gasteiger partial charge in [-0.2, -0.15) is 0 Å². The van der Waals surface area contributed by atoms with Crippen molar-refractivity contribution in [1.29, 1.82) is 0 Å². The van der Waals surface area contributed by atoms with Crippen LogP contribution in [-0.4, -0.2) is 16.8 Å². The molecule has 0 aliphatic rings. The highest BCUT2D eigenvalue weighted by atomic mass is 79.9. The van der Waals surface area contributed by atoms with Crippen LogP contribution in [0.2, 0.25) is 0 Å². The van der Waals surface area contributed by atoms with Crippen molar-refractivity contribution in [3.63, 3.8) is 0 Å². The number of hydrogen-bond acceptors (Lipinski definition) is 2. The first-order chi connectivity index (χ1) is 9.08. The first-order valence-corrected chi connectivity index (χ1v) is 6.85. The smallest absolute Gasteiger partial charge is 0.286 e. The molecule has 0 aliphatic heterocycles. The van der Waals surface area contributed by atoms with E-state index in [9.17, 15) is 9.59 Å². The van der Waals surface area contributed by atoms with Gasteiger partial charge in [-0.25, -0.2) is 0 Å². The van der Waals surface area contributed by atoms with Crippen LogP contribution in [0.15, 0.2) is 45.5 Å². The molecule has 1 heterocycles. The predicted octanol–water partition coefficient (Wildman–Crippen LogP) is 2.61. The highest BCUT2D eigenvalue weighted by Crippen LogP contribution is 2.15. The van der Waals surface area contributed by atoms with Crippen molar-refractivity contribution in [2.75, 3.05) is 0 Å². The molecule has 19 heavy (non-hydrogen) atoms. The van der Waals surface area contributed by atoms with Gasteiger partial charge < -0.3 is 4.98 Å². The summed E-state index contributed by atoms with van der Waals surface area (Å²) in [6, 6.07) is 8.55. The van der Waals surface area contributed by atoms with Gasteiger partial charge in [0.05, 0.1) is 5.56 Å². The molecule has 0 fully saturated rings. The maximum absolute atomic E-state index is 11.8. The summed E-state index contributed by atoms with van der Waals surface area (Å²) in [5.41, 5.74) is 5.46. The van der Waals surface area contributed by atoms with Crippen molar-refractivity contribution in [1.82, 2.24) is 15.8 Å². The van der Waals surface area contributed by atoms with Crippen molar-refractivity contribution in [2.45, 2.75) is 0 Å². The SMILES string of the molecule is O=C(NNC(=O)c1ccccc1Br)c1cc(Br)c[nH]1. The van der Waals surface area contributed by atoms with E-state index in [0.717, 1.165) is 4.47 Å². The first-order valence-electron chi connectivity index (χ1n) is 5.27. The number of rotatable bonds is 2. The van der Waals surface area contributed by atoms with Crippen molar-refractivity contribution >= 4 is 43.7 Å². The second kappa shape index (κ2) is 6.03. The number of hydrazine groups is 1. The molecule has 0 bridgehead atoms. The second-order valence-corrected chi connectivity index (χ2v) is 5.39. The molecule has 0 aliphatic carbocycles. The van der Waals surface area contributed by atoms with E-state index in [1.807, 2.05) is 0 Å². The normalized spacial score (nSPS) is 10.0. The molecule has 0 radical (unpaired) electrons. The third kappa shape index (κ3) is 3.45. The van der Waals surface area contributed by atoms with E-state index in [1.165, 1.54) is 0 Å². The van der Waals surface area contributed by atoms with E-state index >= 15 is 0 Å². The Labute approximate surface area is 126 Å². The zero-order valence-corrected chi connectivity index (χ0v) is 12.7. The Kier molecular flexibility index (Phi) is 4.39. The largest absolute Gasteiger partial charge is 0.356 e. The summed E-state index contributed by atoms with van der Waals surface area (Å²) in [6.07, 6.45) is 1.63. The zero-order valence-electron chi connectivity index (χ0n) is 9.54. The molecule has 2 amide bonds. The lowest BCUT2D eigenvalue weighted by Crippen LogP contribution is -2.41. The predicted molar refractivity (Wildman–Crippen MR) is 77.6 cm³/mol. The van der Waals surface area contributed by atoms with Gasteiger partial charge in [-0.05, 0) is 50.1 Å². The minimum absolute atomic E-state index is 0.347. The Hall–Kier alpha value is -1.60. The summed E-state index contributed by atoms with van der Waals surface area (Å²) in [5.74, 6) is -0.822. The zero-order chi connectivity index (χ0) is 13.8. The Balaban J connectivity index is 1.98. The van der Waals surface area contributed by atoms with Crippen LogP contribution in [0.25, 0.3) is 0 Å². The summed E-state index contributed by atoms with van der Waals surface area (Å²) in [4.78, 5) is 26.3. The summed E-state index contributed by atoms with van der Waals surface area (Å²) < 4.78 is 1.42. The van der Waals surface area contributed by atoms with Gasteiger partial charge in [-0.3, -0.25) is 20.4 Å². The fourth-order valence-electron chi connectivity index (χ4n) is 1.39. The molecule has 0 saturated heterocycles. The molecule has 5 nitrogen and oxygen atoms in total. The average molecular weight is 387 g/mol. The van der Waals surface area contributed by atoms with Crippen molar-refractivity contribution in [2.24, 2.45) is 0 Å². The summed E-state index contributed by atoms with van der Waals surface area (Å²) in [7, 11) is 0. The maximum Gasteiger partial charge on any atom is 0.286 e. The van der Waals surface area contributed by atoms with Crippen LogP contribution in [0.5, 0.6) is 0 Å². The van der Waals surface area contributed by atoms with Crippen molar-refractivity contribution in [3.05, 3.63) is 56.7 Å². The fourth-order valence-corrected chi connectivity index (χ4v) is 2.20. The molecule has 0 atom stereocenters. The minimum atomic E-state index is -0.425. The quantitative estimate of drug-likeness (QED) is 0.694. The number of benzene rings is 1. The van der Waals surface area contributed by atoms with Crippen LogP contribution in [0, 0.1) is 0 Å². The van der Waals surface area contributed by atoms with Crippen LogP contribution < -0.4 is 10.9 Å². The van der Waals surface area contributed by atoms with Gasteiger partial charge in [0.1, 0.15) is 5.69 Å². The third-order valence-electron chi connectivity index (χ3n) is 2.30. The topological polar surface area (TPSA) is 74.0 Å². The number of hydrogen-bond donors (Lipinski definition) is 3. The van der Waals surface area contributed by atoms with E-state index in [1.54, 1.807) is 36.5 Å². The summed E-state index contributed by atoms with van der Waals surface area (Å²) in [5, 5.41) is 0. The first kappa shape index (κ1) is 13.8. The summed E-state index contributed by atoms with van der Waals surface area (Å²) >= 11 is 6.49. The number of carbonyl (C=O) groups excluding carboxylic acids is 2. The van der Waals surface area contributed by atoms with Gasteiger partial charge in [0.15, 0.2) is 0 Å². The third-order valence-corrected chi connectivity index (χ3v) is 3.45. The van der Waals surface area contributed by atoms with Crippen LogP contribution in [0.4, 0.5) is 0 Å². The van der Waals surface area contributed by atoms with Crippen LogP contribution in [0.3, 0.4) is 0 Å². The van der Waals surface area contributed by atoms with E-state index in [-0.39, 0.29) is 0 Å². The molecule has 1 aromatic carbocycles. The van der Waals surface area contributed by atoms with Crippen LogP contribution >= 0.6 is 31.9 Å². The molecule has 1 aromatic heterocycles. The molecule has 3 N–H and O–H groups in total. The average Bonchev–Trinajstić information content (AvgIpc) is 2.83. The lowest BCUT2D eigenvalue weighted by atomic mass is 10.2. The van der Waals surface area contributed by atoms with E-state index in [4.69, 9.17) is 0 Å². The number of amides is 2. The molecule has 98 valence electrons. The molecule has 7 heteroatoms. The van der Waals surface area contributed by atoms with Gasteiger partial charge in [-0.15, -0.1) is 0 Å². The van der Waals surface area contributed by atoms with Crippen molar-refractivity contribution in [3.8, 4) is 0 Å². The number of nitrogens with one attached hydrogen (secondary N) is 3. The van der Waals surface area contributed by atoms with E-state index < -0.39 is 11.8 Å². The van der Waals surface area contributed by atoms with E-state index in [0.29, 0.717) is 15.7 Å². The number of carbonyl (C=O) groups is 2. The molecular weight excluding hydrogens is 378 g/mol. The molecule has 0 spiro atoms. The van der Waals surface area contributed by atoms with Gasteiger partial charge >= 0.3 is 0 Å². The molecule has 0 saturated carbocycles. The van der Waals surface area contributed by atoms with Gasteiger partial charge in [0, 0.05) is 15.1 Å². The number of halogens is 2. The van der Waals surface area contributed by atoms with Gasteiger partial charge in [-0.1, -0.05) is 12.1 Å². The van der Waals surface area contributed by atoms with Crippen molar-refractivity contribution < 1.29 is 9.59 Å². The van der Waals surface area contributed by atoms with Crippen LogP contribution in [-0.2, 0) is 0 Å².